The highest BCUT2D eigenvalue weighted by atomic mass is 32.2. The van der Waals surface area contributed by atoms with Crippen molar-refractivity contribution in [2.45, 2.75) is 76.2 Å². The topological polar surface area (TPSA) is 116 Å². The number of rotatable bonds is 8. The van der Waals surface area contributed by atoms with Crippen LogP contribution in [0.4, 0.5) is 0 Å². The molecule has 2 aliphatic heterocycles. The molecule has 0 aromatic heterocycles. The molecule has 2 aliphatic rings. The van der Waals surface area contributed by atoms with Gasteiger partial charge in [-0.2, -0.15) is 0 Å². The summed E-state index contributed by atoms with van der Waals surface area (Å²) in [6, 6.07) is 4.64. The Morgan fingerprint density at radius 2 is 1.76 bits per heavy atom. The SMILES string of the molecule is CC(C)C[C@H](NC(=O)[C@H]1N2C(=O)c3ccccc3C2SC1(C)C)C(=O)N[C@H](C(=O)O)C(C)C. The fourth-order valence-electron chi connectivity index (χ4n) is 4.53. The van der Waals surface area contributed by atoms with Crippen molar-refractivity contribution in [1.29, 1.82) is 0 Å². The molecular weight excluding hydrogens is 442 g/mol. The summed E-state index contributed by atoms with van der Waals surface area (Å²) in [6.07, 6.45) is 0.347. The van der Waals surface area contributed by atoms with Crippen molar-refractivity contribution in [3.05, 3.63) is 35.4 Å². The van der Waals surface area contributed by atoms with Gasteiger partial charge in [-0.05, 0) is 43.7 Å². The van der Waals surface area contributed by atoms with Gasteiger partial charge in [0.1, 0.15) is 23.5 Å². The molecule has 0 saturated carbocycles. The van der Waals surface area contributed by atoms with E-state index in [1.165, 1.54) is 0 Å². The zero-order chi connectivity index (χ0) is 24.7. The number of carbonyl (C=O) groups excluding carboxylic acids is 3. The number of thioether (sulfide) groups is 1. The van der Waals surface area contributed by atoms with Crippen molar-refractivity contribution in [3.8, 4) is 0 Å². The normalized spacial score (nSPS) is 22.7. The van der Waals surface area contributed by atoms with Crippen molar-refractivity contribution < 1.29 is 24.3 Å². The molecule has 2 heterocycles. The molecule has 180 valence electrons. The van der Waals surface area contributed by atoms with Gasteiger partial charge in [-0.25, -0.2) is 4.79 Å². The maximum atomic E-state index is 13.5. The predicted octanol–water partition coefficient (Wildman–Crippen LogP) is 2.79. The minimum atomic E-state index is -1.12. The molecule has 1 aromatic carbocycles. The van der Waals surface area contributed by atoms with E-state index in [2.05, 4.69) is 10.6 Å². The second kappa shape index (κ2) is 9.37. The summed E-state index contributed by atoms with van der Waals surface area (Å²) in [4.78, 5) is 52.9. The number of fused-ring (bicyclic) bond motifs is 3. The number of hydrogen-bond acceptors (Lipinski definition) is 5. The average molecular weight is 476 g/mol. The number of nitrogens with one attached hydrogen (secondary N) is 2. The number of nitrogens with zero attached hydrogens (tertiary/aromatic N) is 1. The molecule has 3 rings (SSSR count). The lowest BCUT2D eigenvalue weighted by atomic mass is 9.97. The molecule has 3 amide bonds. The third kappa shape index (κ3) is 4.88. The van der Waals surface area contributed by atoms with E-state index < -0.39 is 40.7 Å². The van der Waals surface area contributed by atoms with Gasteiger partial charge >= 0.3 is 5.97 Å². The Hall–Kier alpha value is -2.55. The zero-order valence-corrected chi connectivity index (χ0v) is 20.7. The average Bonchev–Trinajstić information content (AvgIpc) is 3.14. The Morgan fingerprint density at radius 3 is 2.33 bits per heavy atom. The molecular formula is C24H33N3O5S. The molecule has 0 spiro atoms. The van der Waals surface area contributed by atoms with Gasteiger partial charge in [0, 0.05) is 10.3 Å². The van der Waals surface area contributed by atoms with Crippen LogP contribution in [0, 0.1) is 11.8 Å². The van der Waals surface area contributed by atoms with Crippen LogP contribution in [0.1, 0.15) is 69.3 Å². The van der Waals surface area contributed by atoms with Crippen LogP contribution in [0.25, 0.3) is 0 Å². The van der Waals surface area contributed by atoms with Crippen molar-refractivity contribution in [2.75, 3.05) is 0 Å². The van der Waals surface area contributed by atoms with Gasteiger partial charge in [0.25, 0.3) is 5.91 Å². The lowest BCUT2D eigenvalue weighted by Crippen LogP contribution is -2.58. The Bertz CT molecular complexity index is 961. The molecule has 0 radical (unpaired) electrons. The first-order valence-corrected chi connectivity index (χ1v) is 12.2. The highest BCUT2D eigenvalue weighted by molar-refractivity contribution is 8.01. The fourth-order valence-corrected chi connectivity index (χ4v) is 6.11. The lowest BCUT2D eigenvalue weighted by Gasteiger charge is -2.32. The molecule has 9 heteroatoms. The van der Waals surface area contributed by atoms with Gasteiger partial charge in [-0.3, -0.25) is 14.4 Å². The van der Waals surface area contributed by atoms with Crippen LogP contribution in [-0.4, -0.2) is 56.6 Å². The first kappa shape index (κ1) is 25.1. The van der Waals surface area contributed by atoms with Gasteiger partial charge in [-0.15, -0.1) is 11.8 Å². The summed E-state index contributed by atoms with van der Waals surface area (Å²) >= 11 is 1.56. The Labute approximate surface area is 198 Å². The molecule has 0 bridgehead atoms. The number of aliphatic carboxylic acids is 1. The molecule has 33 heavy (non-hydrogen) atoms. The number of benzene rings is 1. The molecule has 3 N–H and O–H groups in total. The Kier molecular flexibility index (Phi) is 7.12. The van der Waals surface area contributed by atoms with E-state index in [4.69, 9.17) is 0 Å². The summed E-state index contributed by atoms with van der Waals surface area (Å²) in [6.45, 7) is 11.1. The van der Waals surface area contributed by atoms with Crippen LogP contribution in [0.2, 0.25) is 0 Å². The third-order valence-electron chi connectivity index (χ3n) is 6.12. The lowest BCUT2D eigenvalue weighted by molar-refractivity contribution is -0.143. The maximum absolute atomic E-state index is 13.5. The zero-order valence-electron chi connectivity index (χ0n) is 19.9. The number of carboxylic acid groups (broad SMARTS) is 1. The first-order chi connectivity index (χ1) is 15.3. The minimum absolute atomic E-state index is 0.0831. The van der Waals surface area contributed by atoms with Gasteiger partial charge in [0.05, 0.1) is 0 Å². The molecule has 8 nitrogen and oxygen atoms in total. The number of carboxylic acids is 1. The highest BCUT2D eigenvalue weighted by Crippen LogP contribution is 2.56. The molecule has 1 aromatic rings. The van der Waals surface area contributed by atoms with Crippen LogP contribution in [0.5, 0.6) is 0 Å². The summed E-state index contributed by atoms with van der Waals surface area (Å²) in [5, 5.41) is 14.6. The number of hydrogen-bond donors (Lipinski definition) is 3. The molecule has 0 aliphatic carbocycles. The Morgan fingerprint density at radius 1 is 1.12 bits per heavy atom. The summed E-state index contributed by atoms with van der Waals surface area (Å²) in [5.41, 5.74) is 1.49. The van der Waals surface area contributed by atoms with Crippen molar-refractivity contribution in [1.82, 2.24) is 15.5 Å². The van der Waals surface area contributed by atoms with Gasteiger partial charge < -0.3 is 20.6 Å². The standard InChI is InChI=1S/C24H33N3O5S/c1-12(2)11-16(19(28)26-17(13(3)4)23(31)32)25-20(29)18-24(5,6)33-22-15-10-8-7-9-14(15)21(30)27(18)22/h7-10,12-13,16-18,22H,11H2,1-6H3,(H,25,29)(H,26,28)(H,31,32)/t16-,17-,18+,22?/m0/s1. The van der Waals surface area contributed by atoms with Crippen LogP contribution < -0.4 is 10.6 Å². The summed E-state index contributed by atoms with van der Waals surface area (Å²) < 4.78 is -0.571. The van der Waals surface area contributed by atoms with E-state index in [1.54, 1.807) is 42.6 Å². The summed E-state index contributed by atoms with van der Waals surface area (Å²) in [7, 11) is 0. The van der Waals surface area contributed by atoms with Gasteiger partial charge in [0.2, 0.25) is 11.8 Å². The van der Waals surface area contributed by atoms with Crippen LogP contribution in [0.15, 0.2) is 24.3 Å². The van der Waals surface area contributed by atoms with Crippen molar-refractivity contribution in [2.24, 2.45) is 11.8 Å². The molecule has 4 atom stereocenters. The monoisotopic (exact) mass is 475 g/mol. The number of amides is 3. The van der Waals surface area contributed by atoms with Crippen molar-refractivity contribution in [3.63, 3.8) is 0 Å². The smallest absolute Gasteiger partial charge is 0.326 e. The second-order valence-corrected chi connectivity index (χ2v) is 11.8. The fraction of sp³-hybridized carbons (Fsp3) is 0.583. The van der Waals surface area contributed by atoms with E-state index >= 15 is 0 Å². The highest BCUT2D eigenvalue weighted by Gasteiger charge is 2.57. The first-order valence-electron chi connectivity index (χ1n) is 11.3. The Balaban J connectivity index is 1.84. The van der Waals surface area contributed by atoms with Crippen LogP contribution in [-0.2, 0) is 14.4 Å². The molecule has 1 fully saturated rings. The summed E-state index contributed by atoms with van der Waals surface area (Å²) in [5.74, 6) is -2.48. The quantitative estimate of drug-likeness (QED) is 0.533. The molecule has 1 unspecified atom stereocenters. The van der Waals surface area contributed by atoms with Crippen LogP contribution >= 0.6 is 11.8 Å². The largest absolute Gasteiger partial charge is 0.480 e. The van der Waals surface area contributed by atoms with Crippen molar-refractivity contribution >= 4 is 35.5 Å². The number of carbonyl (C=O) groups is 4. The maximum Gasteiger partial charge on any atom is 0.326 e. The predicted molar refractivity (Wildman–Crippen MR) is 127 cm³/mol. The van der Waals surface area contributed by atoms with E-state index in [1.807, 2.05) is 39.8 Å². The van der Waals surface area contributed by atoms with Crippen LogP contribution in [0.3, 0.4) is 0 Å². The van der Waals surface area contributed by atoms with E-state index in [-0.39, 0.29) is 23.1 Å². The van der Waals surface area contributed by atoms with Gasteiger partial charge in [0.15, 0.2) is 0 Å². The van der Waals surface area contributed by atoms with E-state index in [9.17, 15) is 24.3 Å². The van der Waals surface area contributed by atoms with E-state index in [0.29, 0.717) is 12.0 Å². The second-order valence-electron chi connectivity index (χ2n) is 10.0. The molecule has 1 saturated heterocycles. The third-order valence-corrected chi connectivity index (χ3v) is 7.65. The van der Waals surface area contributed by atoms with E-state index in [0.717, 1.165) is 5.56 Å². The minimum Gasteiger partial charge on any atom is -0.480 e. The van der Waals surface area contributed by atoms with Gasteiger partial charge in [-0.1, -0.05) is 45.9 Å².